The number of hydrogen-bond donors (Lipinski definition) is 1. The van der Waals surface area contributed by atoms with Crippen molar-refractivity contribution in [2.24, 2.45) is 0 Å². The van der Waals surface area contributed by atoms with Gasteiger partial charge >= 0.3 is 0 Å². The largest absolute Gasteiger partial charge is 0.324 e. The van der Waals surface area contributed by atoms with E-state index in [1.54, 1.807) is 31.3 Å². The first-order chi connectivity index (χ1) is 13.1. The fourth-order valence-electron chi connectivity index (χ4n) is 3.15. The number of aromatic nitrogens is 3. The van der Waals surface area contributed by atoms with Crippen LogP contribution < -0.4 is 10.9 Å². The molecule has 0 saturated heterocycles. The number of rotatable bonds is 3. The lowest BCUT2D eigenvalue weighted by Gasteiger charge is -2.16. The topological polar surface area (TPSA) is 76.9 Å². The van der Waals surface area contributed by atoms with E-state index in [4.69, 9.17) is 0 Å². The zero-order valence-corrected chi connectivity index (χ0v) is 15.0. The molecule has 0 aliphatic carbocycles. The van der Waals surface area contributed by atoms with Gasteiger partial charge in [0.15, 0.2) is 0 Å². The summed E-state index contributed by atoms with van der Waals surface area (Å²) in [5.74, 6) is -0.289. The number of benzene rings is 2. The number of nitrogens with zero attached hydrogens (tertiary/aromatic N) is 3. The fourth-order valence-corrected chi connectivity index (χ4v) is 3.15. The molecule has 2 aromatic heterocycles. The second-order valence-corrected chi connectivity index (χ2v) is 6.47. The molecule has 0 saturated carbocycles. The third-order valence-electron chi connectivity index (χ3n) is 4.72. The molecule has 1 atom stereocenters. The van der Waals surface area contributed by atoms with E-state index >= 15 is 0 Å². The lowest BCUT2D eigenvalue weighted by molar-refractivity contribution is -0.118. The van der Waals surface area contributed by atoms with Gasteiger partial charge in [0.2, 0.25) is 5.91 Å². The van der Waals surface area contributed by atoms with Gasteiger partial charge in [-0.3, -0.25) is 19.1 Å². The first kappa shape index (κ1) is 16.9. The van der Waals surface area contributed by atoms with Crippen molar-refractivity contribution in [2.45, 2.75) is 19.9 Å². The monoisotopic (exact) mass is 358 g/mol. The summed E-state index contributed by atoms with van der Waals surface area (Å²) < 4.78 is 1.35. The average Bonchev–Trinajstić information content (AvgIpc) is 2.70. The van der Waals surface area contributed by atoms with Gasteiger partial charge in [0, 0.05) is 11.6 Å². The molecule has 0 bridgehead atoms. The SMILES string of the molecule is Cc1ccc(NC(=O)C(C)n2cnc3ccccc3c2=O)c2cccnc12. The Morgan fingerprint density at radius 2 is 1.81 bits per heavy atom. The van der Waals surface area contributed by atoms with Crippen molar-refractivity contribution < 1.29 is 4.79 Å². The Morgan fingerprint density at radius 1 is 1.04 bits per heavy atom. The summed E-state index contributed by atoms with van der Waals surface area (Å²) >= 11 is 0. The molecule has 1 amide bonds. The van der Waals surface area contributed by atoms with E-state index in [0.717, 1.165) is 16.5 Å². The molecule has 1 unspecified atom stereocenters. The summed E-state index contributed by atoms with van der Waals surface area (Å²) in [5, 5.41) is 4.27. The minimum atomic E-state index is -0.706. The maximum absolute atomic E-state index is 12.8. The molecule has 6 nitrogen and oxygen atoms in total. The lowest BCUT2D eigenvalue weighted by Crippen LogP contribution is -2.31. The normalized spacial score (nSPS) is 12.2. The molecule has 27 heavy (non-hydrogen) atoms. The number of fused-ring (bicyclic) bond motifs is 2. The van der Waals surface area contributed by atoms with Crippen LogP contribution in [0, 0.1) is 6.92 Å². The molecule has 4 rings (SSSR count). The molecular weight excluding hydrogens is 340 g/mol. The van der Waals surface area contributed by atoms with Gasteiger partial charge in [-0.2, -0.15) is 0 Å². The molecule has 2 aromatic carbocycles. The van der Waals surface area contributed by atoms with Crippen molar-refractivity contribution >= 4 is 33.4 Å². The average molecular weight is 358 g/mol. The number of amides is 1. The van der Waals surface area contributed by atoms with Crippen LogP contribution in [0.15, 0.2) is 65.8 Å². The molecule has 1 N–H and O–H groups in total. The zero-order valence-electron chi connectivity index (χ0n) is 15.0. The molecule has 0 aliphatic rings. The van der Waals surface area contributed by atoms with Gasteiger partial charge < -0.3 is 5.32 Å². The predicted molar refractivity (Wildman–Crippen MR) is 106 cm³/mol. The van der Waals surface area contributed by atoms with Gasteiger partial charge in [-0.1, -0.05) is 18.2 Å². The van der Waals surface area contributed by atoms with Crippen LogP contribution in [0.3, 0.4) is 0 Å². The molecule has 0 aliphatic heterocycles. The number of pyridine rings is 1. The summed E-state index contributed by atoms with van der Waals surface area (Å²) in [7, 11) is 0. The highest BCUT2D eigenvalue weighted by Crippen LogP contribution is 2.25. The second kappa shape index (κ2) is 6.64. The highest BCUT2D eigenvalue weighted by atomic mass is 16.2. The number of carbonyl (C=O) groups is 1. The van der Waals surface area contributed by atoms with Crippen molar-refractivity contribution in [3.05, 3.63) is 77.0 Å². The van der Waals surface area contributed by atoms with Crippen LogP contribution in [0.2, 0.25) is 0 Å². The summed E-state index contributed by atoms with van der Waals surface area (Å²) in [6.07, 6.45) is 3.15. The van der Waals surface area contributed by atoms with Crippen LogP contribution >= 0.6 is 0 Å². The van der Waals surface area contributed by atoms with Crippen LogP contribution in [0.25, 0.3) is 21.8 Å². The quantitative estimate of drug-likeness (QED) is 0.608. The second-order valence-electron chi connectivity index (χ2n) is 6.47. The maximum Gasteiger partial charge on any atom is 0.261 e. The fraction of sp³-hybridized carbons (Fsp3) is 0.143. The molecule has 0 fully saturated rings. The third-order valence-corrected chi connectivity index (χ3v) is 4.72. The van der Waals surface area contributed by atoms with Crippen LogP contribution in [0.4, 0.5) is 5.69 Å². The molecule has 134 valence electrons. The van der Waals surface area contributed by atoms with E-state index in [9.17, 15) is 9.59 Å². The van der Waals surface area contributed by atoms with Crippen molar-refractivity contribution in [2.75, 3.05) is 5.32 Å². The summed E-state index contributed by atoms with van der Waals surface area (Å²) in [6, 6.07) is 13.9. The Hall–Kier alpha value is -3.54. The van der Waals surface area contributed by atoms with Gasteiger partial charge in [0.25, 0.3) is 5.56 Å². The van der Waals surface area contributed by atoms with Crippen molar-refractivity contribution in [3.63, 3.8) is 0 Å². The minimum Gasteiger partial charge on any atom is -0.324 e. The van der Waals surface area contributed by atoms with Crippen LogP contribution in [-0.2, 0) is 4.79 Å². The molecule has 2 heterocycles. The smallest absolute Gasteiger partial charge is 0.261 e. The number of anilines is 1. The number of nitrogens with one attached hydrogen (secondary N) is 1. The van der Waals surface area contributed by atoms with Gasteiger partial charge in [-0.05, 0) is 49.7 Å². The first-order valence-corrected chi connectivity index (χ1v) is 8.67. The van der Waals surface area contributed by atoms with E-state index in [0.29, 0.717) is 16.6 Å². The lowest BCUT2D eigenvalue weighted by atomic mass is 10.1. The Kier molecular flexibility index (Phi) is 4.16. The van der Waals surface area contributed by atoms with Crippen molar-refractivity contribution in [1.82, 2.24) is 14.5 Å². The van der Waals surface area contributed by atoms with Gasteiger partial charge in [-0.25, -0.2) is 4.98 Å². The molecular formula is C21H18N4O2. The zero-order chi connectivity index (χ0) is 19.0. The highest BCUT2D eigenvalue weighted by molar-refractivity contribution is 6.03. The Bertz CT molecular complexity index is 1230. The van der Waals surface area contributed by atoms with Gasteiger partial charge in [0.05, 0.1) is 28.4 Å². The third kappa shape index (κ3) is 2.95. The Balaban J connectivity index is 1.69. The highest BCUT2D eigenvalue weighted by Gasteiger charge is 2.18. The van der Waals surface area contributed by atoms with E-state index < -0.39 is 6.04 Å². The van der Waals surface area contributed by atoms with E-state index in [1.807, 2.05) is 37.3 Å². The summed E-state index contributed by atoms with van der Waals surface area (Å²) in [4.78, 5) is 34.2. The van der Waals surface area contributed by atoms with Crippen LogP contribution in [0.5, 0.6) is 0 Å². The van der Waals surface area contributed by atoms with Gasteiger partial charge in [-0.15, -0.1) is 0 Å². The Morgan fingerprint density at radius 3 is 2.67 bits per heavy atom. The first-order valence-electron chi connectivity index (χ1n) is 8.67. The number of para-hydroxylation sites is 1. The minimum absolute atomic E-state index is 0.237. The summed E-state index contributed by atoms with van der Waals surface area (Å²) in [6.45, 7) is 3.66. The van der Waals surface area contributed by atoms with Gasteiger partial charge in [0.1, 0.15) is 6.04 Å². The number of carbonyl (C=O) groups excluding carboxylic acids is 1. The predicted octanol–water partition coefficient (Wildman–Crippen LogP) is 3.45. The maximum atomic E-state index is 12.8. The van der Waals surface area contributed by atoms with E-state index in [2.05, 4.69) is 15.3 Å². The molecule has 6 heteroatoms. The van der Waals surface area contributed by atoms with E-state index in [1.165, 1.54) is 10.9 Å². The number of hydrogen-bond acceptors (Lipinski definition) is 4. The molecule has 4 aromatic rings. The van der Waals surface area contributed by atoms with Crippen molar-refractivity contribution in [3.8, 4) is 0 Å². The standard InChI is InChI=1S/C21H18N4O2/c1-13-9-10-18(15-7-5-11-22-19(13)15)24-20(26)14(2)25-12-23-17-8-4-3-6-16(17)21(25)27/h3-12,14H,1-2H3,(H,24,26). The summed E-state index contributed by atoms with van der Waals surface area (Å²) in [5.41, 5.74) is 2.92. The van der Waals surface area contributed by atoms with Crippen LogP contribution in [0.1, 0.15) is 18.5 Å². The van der Waals surface area contributed by atoms with Crippen molar-refractivity contribution in [1.29, 1.82) is 0 Å². The van der Waals surface area contributed by atoms with E-state index in [-0.39, 0.29) is 11.5 Å². The molecule has 0 radical (unpaired) electrons. The Labute approximate surface area is 155 Å². The van der Waals surface area contributed by atoms with Crippen LogP contribution in [-0.4, -0.2) is 20.4 Å². The number of aryl methyl sites for hydroxylation is 1. The molecule has 0 spiro atoms.